The average molecular weight is 402 g/mol. The number of ether oxygens (including phenoxy) is 2. The molecule has 1 aliphatic rings. The van der Waals surface area contributed by atoms with E-state index in [0.717, 1.165) is 36.1 Å². The highest BCUT2D eigenvalue weighted by Gasteiger charge is 2.26. The summed E-state index contributed by atoms with van der Waals surface area (Å²) in [6, 6.07) is 7.39. The van der Waals surface area contributed by atoms with Gasteiger partial charge in [-0.25, -0.2) is 4.79 Å². The number of benzene rings is 1. The number of nitrogens with zero attached hydrogens (tertiary/aromatic N) is 2. The van der Waals surface area contributed by atoms with Gasteiger partial charge < -0.3 is 24.3 Å². The molecule has 1 atom stereocenters. The van der Waals surface area contributed by atoms with Crippen LogP contribution >= 0.6 is 0 Å². The molecule has 0 unspecified atom stereocenters. The Hall–Kier alpha value is -2.54. The Morgan fingerprint density at radius 1 is 1.21 bits per heavy atom. The van der Waals surface area contributed by atoms with Gasteiger partial charge in [-0.15, -0.1) is 0 Å². The van der Waals surface area contributed by atoms with Gasteiger partial charge in [0.2, 0.25) is 0 Å². The zero-order valence-corrected chi connectivity index (χ0v) is 17.6. The lowest BCUT2D eigenvalue weighted by Gasteiger charge is -2.31. The normalized spacial score (nSPS) is 16.2. The highest BCUT2D eigenvalue weighted by molar-refractivity contribution is 5.81. The Labute approximate surface area is 171 Å². The first-order valence-electron chi connectivity index (χ1n) is 10.5. The van der Waals surface area contributed by atoms with Gasteiger partial charge in [0.05, 0.1) is 19.3 Å². The first kappa shape index (κ1) is 21.2. The van der Waals surface area contributed by atoms with E-state index in [4.69, 9.17) is 9.47 Å². The van der Waals surface area contributed by atoms with E-state index >= 15 is 0 Å². The van der Waals surface area contributed by atoms with Crippen molar-refractivity contribution in [1.82, 2.24) is 14.8 Å². The Balaban J connectivity index is 1.90. The number of H-pyrrole nitrogens is 1. The van der Waals surface area contributed by atoms with Crippen LogP contribution in [0, 0.1) is 0 Å². The summed E-state index contributed by atoms with van der Waals surface area (Å²) in [6.45, 7) is 9.17. The summed E-state index contributed by atoms with van der Waals surface area (Å²) in [5.41, 5.74) is 1.14. The summed E-state index contributed by atoms with van der Waals surface area (Å²) in [6.07, 6.45) is 1.97. The van der Waals surface area contributed by atoms with E-state index in [-0.39, 0.29) is 24.2 Å². The zero-order valence-electron chi connectivity index (χ0n) is 17.6. The third-order valence-corrected chi connectivity index (χ3v) is 5.32. The third kappa shape index (κ3) is 5.09. The molecule has 0 bridgehead atoms. The van der Waals surface area contributed by atoms with E-state index < -0.39 is 0 Å². The first-order chi connectivity index (χ1) is 14.0. The van der Waals surface area contributed by atoms with Crippen LogP contribution in [0.2, 0.25) is 0 Å². The van der Waals surface area contributed by atoms with Crippen LogP contribution in [0.15, 0.2) is 29.1 Å². The average Bonchev–Trinajstić information content (AvgIpc) is 3.22. The maximum atomic E-state index is 13.1. The van der Waals surface area contributed by atoms with Crippen LogP contribution in [-0.2, 0) is 11.3 Å². The molecule has 2 heterocycles. The minimum Gasteiger partial charge on any atom is -0.494 e. The molecular weight excluding hydrogens is 370 g/mol. The summed E-state index contributed by atoms with van der Waals surface area (Å²) in [5.74, 6) is 0.758. The molecule has 3 rings (SSSR count). The van der Waals surface area contributed by atoms with Crippen LogP contribution < -0.4 is 10.3 Å². The topological polar surface area (TPSA) is 74.9 Å². The fourth-order valence-corrected chi connectivity index (χ4v) is 3.75. The number of urea groups is 1. The molecular formula is C22H31N3O4. The maximum absolute atomic E-state index is 13.1. The number of aromatic amines is 1. The van der Waals surface area contributed by atoms with Crippen molar-refractivity contribution in [2.45, 2.75) is 46.3 Å². The minimum atomic E-state index is -0.175. The number of carbonyl (C=O) groups excluding carboxylic acids is 1. The molecule has 0 saturated carbocycles. The lowest BCUT2D eigenvalue weighted by Crippen LogP contribution is -2.46. The molecule has 0 radical (unpaired) electrons. The second-order valence-corrected chi connectivity index (χ2v) is 7.28. The van der Waals surface area contributed by atoms with E-state index in [1.54, 1.807) is 9.80 Å². The number of rotatable bonds is 8. The molecule has 2 amide bonds. The van der Waals surface area contributed by atoms with Gasteiger partial charge in [0.15, 0.2) is 0 Å². The van der Waals surface area contributed by atoms with Crippen molar-refractivity contribution in [2.24, 2.45) is 0 Å². The van der Waals surface area contributed by atoms with Crippen LogP contribution in [0.3, 0.4) is 0 Å². The fraction of sp³-hybridized carbons (Fsp3) is 0.545. The molecule has 1 fully saturated rings. The molecule has 7 heteroatoms. The highest BCUT2D eigenvalue weighted by Crippen LogP contribution is 2.21. The molecule has 0 aliphatic carbocycles. The van der Waals surface area contributed by atoms with Crippen LogP contribution in [-0.4, -0.2) is 59.8 Å². The molecule has 1 aromatic heterocycles. The summed E-state index contributed by atoms with van der Waals surface area (Å²) in [5, 5.41) is 0.887. The van der Waals surface area contributed by atoms with Gasteiger partial charge in [0, 0.05) is 42.7 Å². The van der Waals surface area contributed by atoms with Crippen molar-refractivity contribution in [1.29, 1.82) is 0 Å². The second kappa shape index (κ2) is 9.78. The van der Waals surface area contributed by atoms with Crippen LogP contribution in [0.5, 0.6) is 5.75 Å². The van der Waals surface area contributed by atoms with Crippen molar-refractivity contribution in [3.8, 4) is 5.75 Å². The van der Waals surface area contributed by atoms with Crippen LogP contribution in [0.4, 0.5) is 4.79 Å². The first-order valence-corrected chi connectivity index (χ1v) is 10.5. The van der Waals surface area contributed by atoms with E-state index in [2.05, 4.69) is 4.98 Å². The predicted octanol–water partition coefficient (Wildman–Crippen LogP) is 3.37. The summed E-state index contributed by atoms with van der Waals surface area (Å²) in [4.78, 5) is 32.2. The van der Waals surface area contributed by atoms with Gasteiger partial charge in [0.1, 0.15) is 5.75 Å². The van der Waals surface area contributed by atoms with Crippen molar-refractivity contribution >= 4 is 16.9 Å². The Bertz CT molecular complexity index is 885. The number of nitrogens with one attached hydrogen (secondary N) is 1. The summed E-state index contributed by atoms with van der Waals surface area (Å²) in [7, 11) is 0. The van der Waals surface area contributed by atoms with Gasteiger partial charge >= 0.3 is 6.03 Å². The quantitative estimate of drug-likeness (QED) is 0.736. The van der Waals surface area contributed by atoms with Gasteiger partial charge in [0.25, 0.3) is 5.56 Å². The zero-order chi connectivity index (χ0) is 20.8. The fourth-order valence-electron chi connectivity index (χ4n) is 3.75. The van der Waals surface area contributed by atoms with Crippen molar-refractivity contribution in [3.63, 3.8) is 0 Å². The van der Waals surface area contributed by atoms with Crippen molar-refractivity contribution < 1.29 is 14.3 Å². The monoisotopic (exact) mass is 401 g/mol. The van der Waals surface area contributed by atoms with Gasteiger partial charge in [-0.05, 0) is 57.9 Å². The lowest BCUT2D eigenvalue weighted by atomic mass is 10.1. The van der Waals surface area contributed by atoms with Crippen molar-refractivity contribution in [3.05, 3.63) is 40.2 Å². The van der Waals surface area contributed by atoms with Gasteiger partial charge in [-0.2, -0.15) is 0 Å². The molecule has 1 N–H and O–H groups in total. The van der Waals surface area contributed by atoms with Crippen molar-refractivity contribution in [2.75, 3.05) is 32.8 Å². The standard InChI is InChI=1S/C22H31N3O4/c1-4-24(5-2)22(27)25(15-19-8-7-11-29-19)14-17-12-16-13-18(28-6-3)9-10-20(16)23-21(17)26/h9-10,12-13,19H,4-8,11,14-15H2,1-3H3,(H,23,26)/t19-/m0/s1. The van der Waals surface area contributed by atoms with Crippen LogP contribution in [0.1, 0.15) is 39.2 Å². The SMILES string of the molecule is CCOc1ccc2[nH]c(=O)c(CN(C[C@@H]3CCCO3)C(=O)N(CC)CC)cc2c1. The largest absolute Gasteiger partial charge is 0.494 e. The number of carbonyl (C=O) groups is 1. The minimum absolute atomic E-state index is 0.0265. The Morgan fingerprint density at radius 3 is 2.66 bits per heavy atom. The number of aromatic nitrogens is 1. The van der Waals surface area contributed by atoms with E-state index in [1.165, 1.54) is 0 Å². The highest BCUT2D eigenvalue weighted by atomic mass is 16.5. The van der Waals surface area contributed by atoms with Gasteiger partial charge in [-0.1, -0.05) is 0 Å². The van der Waals surface area contributed by atoms with E-state index in [0.29, 0.717) is 31.8 Å². The predicted molar refractivity (Wildman–Crippen MR) is 113 cm³/mol. The summed E-state index contributed by atoms with van der Waals surface area (Å²) < 4.78 is 11.3. The lowest BCUT2D eigenvalue weighted by molar-refractivity contribution is 0.0715. The molecule has 2 aromatic rings. The smallest absolute Gasteiger partial charge is 0.320 e. The molecule has 7 nitrogen and oxygen atoms in total. The molecule has 29 heavy (non-hydrogen) atoms. The number of pyridine rings is 1. The number of fused-ring (bicyclic) bond motifs is 1. The number of hydrogen-bond donors (Lipinski definition) is 1. The van der Waals surface area contributed by atoms with E-state index in [9.17, 15) is 9.59 Å². The third-order valence-electron chi connectivity index (χ3n) is 5.32. The van der Waals surface area contributed by atoms with Gasteiger partial charge in [-0.3, -0.25) is 4.79 Å². The van der Waals surface area contributed by atoms with E-state index in [1.807, 2.05) is 45.0 Å². The maximum Gasteiger partial charge on any atom is 0.320 e. The number of hydrogen-bond acceptors (Lipinski definition) is 4. The Morgan fingerprint density at radius 2 is 2.00 bits per heavy atom. The molecule has 1 saturated heterocycles. The molecule has 1 aromatic carbocycles. The molecule has 0 spiro atoms. The van der Waals surface area contributed by atoms with Crippen LogP contribution in [0.25, 0.3) is 10.9 Å². The summed E-state index contributed by atoms with van der Waals surface area (Å²) >= 11 is 0. The molecule has 1 aliphatic heterocycles. The molecule has 158 valence electrons. The Kier molecular flexibility index (Phi) is 7.14. The number of amides is 2. The second-order valence-electron chi connectivity index (χ2n) is 7.28.